The van der Waals surface area contributed by atoms with E-state index in [0.29, 0.717) is 18.0 Å². The second-order valence-electron chi connectivity index (χ2n) is 4.96. The number of nitrogens with zero attached hydrogens (tertiary/aromatic N) is 1. The van der Waals surface area contributed by atoms with Gasteiger partial charge in [-0.15, -0.1) is 10.8 Å². The van der Waals surface area contributed by atoms with Gasteiger partial charge in [-0.25, -0.2) is 4.31 Å². The minimum Gasteiger partial charge on any atom is -0.369 e. The Morgan fingerprint density at radius 2 is 2.00 bits per heavy atom. The lowest BCUT2D eigenvalue weighted by Gasteiger charge is -2.46. The second-order valence-corrected chi connectivity index (χ2v) is 6.99. The Morgan fingerprint density at radius 1 is 1.37 bits per heavy atom. The third-order valence-electron chi connectivity index (χ3n) is 3.48. The van der Waals surface area contributed by atoms with Crippen molar-refractivity contribution in [2.75, 3.05) is 13.1 Å². The smallest absolute Gasteiger partial charge is 0.221 e. The van der Waals surface area contributed by atoms with Crippen LogP contribution in [-0.4, -0.2) is 32.4 Å². The molecule has 0 spiro atoms. The van der Waals surface area contributed by atoms with Gasteiger partial charge in [0.05, 0.1) is 10.8 Å². The molecule has 106 valence electrons. The number of carbonyl (C=O) groups is 1. The van der Waals surface area contributed by atoms with Gasteiger partial charge < -0.3 is 5.73 Å². The lowest BCUT2D eigenvalue weighted by Crippen LogP contribution is -2.42. The summed E-state index contributed by atoms with van der Waals surface area (Å²) in [6, 6.07) is 7.13. The highest BCUT2D eigenvalue weighted by Gasteiger charge is 2.32. The summed E-state index contributed by atoms with van der Waals surface area (Å²) in [5.74, 6) is -0.672. The fourth-order valence-corrected chi connectivity index (χ4v) is 3.85. The predicted octanol–water partition coefficient (Wildman–Crippen LogP) is 2.22. The molecule has 1 amide bonds. The summed E-state index contributed by atoms with van der Waals surface area (Å²) in [5, 5.41) is 0. The molecule has 1 aliphatic rings. The highest BCUT2D eigenvalue weighted by molar-refractivity contribution is 8.22. The van der Waals surface area contributed by atoms with Crippen LogP contribution in [0.5, 0.6) is 0 Å². The van der Waals surface area contributed by atoms with Crippen molar-refractivity contribution in [1.29, 1.82) is 0 Å². The summed E-state index contributed by atoms with van der Waals surface area (Å²) in [6.45, 7) is 2.82. The average molecular weight is 284 g/mol. The monoisotopic (exact) mass is 284 g/mol. The molecule has 0 aliphatic carbocycles. The number of hydrogen-bond acceptors (Lipinski definition) is 4. The van der Waals surface area contributed by atoms with E-state index in [2.05, 4.69) is 0 Å². The number of amides is 1. The Kier molecular flexibility index (Phi) is 4.15. The van der Waals surface area contributed by atoms with Crippen LogP contribution in [0.2, 0.25) is 0 Å². The van der Waals surface area contributed by atoms with Crippen molar-refractivity contribution in [3.63, 3.8) is 0 Å². The maximum absolute atomic E-state index is 11.2. The molecular weight excluding hydrogens is 264 g/mol. The van der Waals surface area contributed by atoms with Crippen LogP contribution in [0.4, 0.5) is 0 Å². The Morgan fingerprint density at radius 3 is 2.58 bits per heavy atom. The SMILES string of the molecule is Cc1ccc(S(O)(O)N2CCCC(C(N)=O)C2)cc1. The van der Waals surface area contributed by atoms with Crippen LogP contribution in [-0.2, 0) is 4.79 Å². The zero-order valence-electron chi connectivity index (χ0n) is 11.0. The Balaban J connectivity index is 2.18. The highest BCUT2D eigenvalue weighted by atomic mass is 32.3. The third kappa shape index (κ3) is 3.09. The molecule has 2 rings (SSSR count). The van der Waals surface area contributed by atoms with Gasteiger partial charge in [-0.3, -0.25) is 13.9 Å². The second kappa shape index (κ2) is 5.50. The predicted molar refractivity (Wildman–Crippen MR) is 75.8 cm³/mol. The molecule has 1 saturated heterocycles. The van der Waals surface area contributed by atoms with E-state index in [1.54, 1.807) is 16.4 Å². The molecule has 4 N–H and O–H groups in total. The molecule has 1 aromatic rings. The molecule has 1 aromatic carbocycles. The topological polar surface area (TPSA) is 86.8 Å². The van der Waals surface area contributed by atoms with Gasteiger partial charge in [-0.1, -0.05) is 17.7 Å². The number of benzene rings is 1. The third-order valence-corrected chi connectivity index (χ3v) is 5.44. The van der Waals surface area contributed by atoms with E-state index in [4.69, 9.17) is 5.73 Å². The largest absolute Gasteiger partial charge is 0.369 e. The minimum atomic E-state index is -3.02. The zero-order chi connectivity index (χ0) is 14.0. The summed E-state index contributed by atoms with van der Waals surface area (Å²) in [6.07, 6.45) is 1.46. The summed E-state index contributed by atoms with van der Waals surface area (Å²) in [4.78, 5) is 11.7. The highest BCUT2D eigenvalue weighted by Crippen LogP contribution is 2.52. The first-order chi connectivity index (χ1) is 8.91. The molecule has 1 unspecified atom stereocenters. The molecule has 0 saturated carbocycles. The van der Waals surface area contributed by atoms with Gasteiger partial charge in [0.25, 0.3) is 0 Å². The standard InChI is InChI=1S/C13H20N2O3S/c1-10-4-6-12(7-5-10)19(17,18)15-8-2-3-11(9-15)13(14)16/h4-7,11,17-18H,2-3,8-9H2,1H3,(H2,14,16). The number of hydrogen-bond donors (Lipinski definition) is 3. The molecule has 1 heterocycles. The van der Waals surface area contributed by atoms with Gasteiger partial charge in [0, 0.05) is 13.1 Å². The molecule has 0 aromatic heterocycles. The Labute approximate surface area is 114 Å². The van der Waals surface area contributed by atoms with Crippen LogP contribution in [0.25, 0.3) is 0 Å². The van der Waals surface area contributed by atoms with E-state index in [9.17, 15) is 13.9 Å². The van der Waals surface area contributed by atoms with Crippen molar-refractivity contribution in [1.82, 2.24) is 4.31 Å². The van der Waals surface area contributed by atoms with E-state index >= 15 is 0 Å². The molecule has 0 radical (unpaired) electrons. The van der Waals surface area contributed by atoms with E-state index < -0.39 is 10.8 Å². The first-order valence-electron chi connectivity index (χ1n) is 6.30. The lowest BCUT2D eigenvalue weighted by molar-refractivity contribution is -0.122. The van der Waals surface area contributed by atoms with Crippen molar-refractivity contribution in [2.24, 2.45) is 11.7 Å². The quantitative estimate of drug-likeness (QED) is 0.794. The number of nitrogens with two attached hydrogens (primary N) is 1. The van der Waals surface area contributed by atoms with Crippen LogP contribution in [0.3, 0.4) is 0 Å². The fraction of sp³-hybridized carbons (Fsp3) is 0.462. The summed E-state index contributed by atoms with van der Waals surface area (Å²) < 4.78 is 22.4. The number of piperidine rings is 1. The van der Waals surface area contributed by atoms with Crippen LogP contribution < -0.4 is 5.73 Å². The maximum atomic E-state index is 11.2. The average Bonchev–Trinajstić information content (AvgIpc) is 2.39. The summed E-state index contributed by atoms with van der Waals surface area (Å²) >= 11 is 0. The fourth-order valence-electron chi connectivity index (χ4n) is 2.28. The van der Waals surface area contributed by atoms with E-state index in [1.807, 2.05) is 19.1 Å². The van der Waals surface area contributed by atoms with Gasteiger partial charge in [-0.05, 0) is 31.9 Å². The van der Waals surface area contributed by atoms with Crippen molar-refractivity contribution in [3.05, 3.63) is 29.8 Å². The molecule has 19 heavy (non-hydrogen) atoms. The molecule has 0 bridgehead atoms. The number of rotatable bonds is 3. The van der Waals surface area contributed by atoms with Crippen LogP contribution in [0.15, 0.2) is 29.2 Å². The van der Waals surface area contributed by atoms with Crippen LogP contribution in [0, 0.1) is 12.8 Å². The van der Waals surface area contributed by atoms with E-state index in [1.165, 1.54) is 0 Å². The Hall–Kier alpha value is -1.08. The summed E-state index contributed by atoms with van der Waals surface area (Å²) in [7, 11) is -3.02. The molecule has 1 aliphatic heterocycles. The van der Waals surface area contributed by atoms with Gasteiger partial charge >= 0.3 is 0 Å². The summed E-state index contributed by atoms with van der Waals surface area (Å²) in [5.41, 5.74) is 6.37. The van der Waals surface area contributed by atoms with Gasteiger partial charge in [0.1, 0.15) is 0 Å². The van der Waals surface area contributed by atoms with Crippen LogP contribution >= 0.6 is 10.8 Å². The zero-order valence-corrected chi connectivity index (χ0v) is 11.8. The van der Waals surface area contributed by atoms with Crippen LogP contribution in [0.1, 0.15) is 18.4 Å². The normalized spacial score (nSPS) is 22.2. The molecule has 5 nitrogen and oxygen atoms in total. The van der Waals surface area contributed by atoms with Gasteiger partial charge in [-0.2, -0.15) is 0 Å². The minimum absolute atomic E-state index is 0.301. The van der Waals surface area contributed by atoms with Crippen molar-refractivity contribution in [2.45, 2.75) is 24.7 Å². The van der Waals surface area contributed by atoms with E-state index in [0.717, 1.165) is 18.4 Å². The van der Waals surface area contributed by atoms with Crippen molar-refractivity contribution >= 4 is 16.7 Å². The van der Waals surface area contributed by atoms with Gasteiger partial charge in [0.2, 0.25) is 5.91 Å². The van der Waals surface area contributed by atoms with E-state index in [-0.39, 0.29) is 11.8 Å². The number of carbonyl (C=O) groups excluding carboxylic acids is 1. The maximum Gasteiger partial charge on any atom is 0.221 e. The molecular formula is C13H20N2O3S. The first kappa shape index (κ1) is 14.3. The molecule has 6 heteroatoms. The van der Waals surface area contributed by atoms with Gasteiger partial charge in [0.15, 0.2) is 0 Å². The first-order valence-corrected chi connectivity index (χ1v) is 7.81. The molecule has 1 fully saturated rings. The molecule has 1 atom stereocenters. The van der Waals surface area contributed by atoms with Crippen molar-refractivity contribution in [3.8, 4) is 0 Å². The number of primary amides is 1. The Bertz CT molecular complexity index is 461. The van der Waals surface area contributed by atoms with Crippen molar-refractivity contribution < 1.29 is 13.9 Å². The lowest BCUT2D eigenvalue weighted by atomic mass is 9.99. The number of aryl methyl sites for hydroxylation is 1.